The van der Waals surface area contributed by atoms with Gasteiger partial charge in [-0.05, 0) is 52.1 Å². The Labute approximate surface area is 215 Å². The number of carbonyl (C=O) groups is 3. The summed E-state index contributed by atoms with van der Waals surface area (Å²) in [7, 11) is -4.43. The van der Waals surface area contributed by atoms with E-state index >= 15 is 0 Å². The van der Waals surface area contributed by atoms with Crippen molar-refractivity contribution in [3.8, 4) is 5.75 Å². The molecule has 196 valence electrons. The number of aldehydes is 2. The van der Waals surface area contributed by atoms with E-state index in [1.165, 1.54) is 37.5 Å². The maximum atomic E-state index is 12.3. The molecule has 0 amide bonds. The van der Waals surface area contributed by atoms with E-state index in [1.807, 2.05) is 30.3 Å². The van der Waals surface area contributed by atoms with Crippen LogP contribution in [-0.2, 0) is 19.6 Å². The number of fused-ring (bicyclic) bond motifs is 2. The lowest BCUT2D eigenvalue weighted by Crippen LogP contribution is -2.28. The molecular weight excluding hydrogens is 525 g/mol. The van der Waals surface area contributed by atoms with E-state index in [0.717, 1.165) is 28.7 Å². The Kier molecular flexibility index (Phi) is 8.64. The zero-order chi connectivity index (χ0) is 27.9. The summed E-state index contributed by atoms with van der Waals surface area (Å²) in [6.07, 6.45) is 4.30. The van der Waals surface area contributed by atoms with Crippen molar-refractivity contribution in [3.63, 3.8) is 0 Å². The molecule has 0 aliphatic carbocycles. The molecule has 0 bridgehead atoms. The van der Waals surface area contributed by atoms with Gasteiger partial charge in [-0.1, -0.05) is 48.5 Å². The molecule has 4 aromatic carbocycles. The molecule has 0 aliphatic heterocycles. The lowest BCUT2D eigenvalue weighted by Gasteiger charge is -2.12. The predicted molar refractivity (Wildman–Crippen MR) is 135 cm³/mol. The van der Waals surface area contributed by atoms with Crippen molar-refractivity contribution in [1.82, 2.24) is 0 Å². The van der Waals surface area contributed by atoms with Crippen molar-refractivity contribution in [2.75, 3.05) is 7.11 Å². The number of ether oxygens (including phenoxy) is 1. The number of alkyl halides is 3. The largest absolute Gasteiger partial charge is 0.534 e. The molecule has 0 radical (unpaired) electrons. The summed E-state index contributed by atoms with van der Waals surface area (Å²) in [5.41, 5.74) is -3.89. The van der Waals surface area contributed by atoms with Gasteiger partial charge in [0.1, 0.15) is 0 Å². The Bertz CT molecular complexity index is 1640. The van der Waals surface area contributed by atoms with Gasteiger partial charge >= 0.3 is 21.6 Å². The molecule has 4 rings (SSSR count). The van der Waals surface area contributed by atoms with Crippen LogP contribution in [0.25, 0.3) is 27.6 Å². The van der Waals surface area contributed by atoms with Crippen LogP contribution in [0.5, 0.6) is 5.75 Å². The molecule has 0 atom stereocenters. The van der Waals surface area contributed by atoms with Gasteiger partial charge in [0, 0.05) is 22.6 Å². The maximum absolute atomic E-state index is 12.3. The minimum absolute atomic E-state index is 0.102. The highest BCUT2D eigenvalue weighted by molar-refractivity contribution is 7.88. The van der Waals surface area contributed by atoms with E-state index in [2.05, 4.69) is 8.92 Å². The second kappa shape index (κ2) is 11.7. The maximum Gasteiger partial charge on any atom is 0.534 e. The number of hydrogen-bond acceptors (Lipinski definition) is 7. The number of rotatable bonds is 6. The third-order valence-electron chi connectivity index (χ3n) is 5.18. The molecule has 0 heterocycles. The average molecular weight is 545 g/mol. The highest BCUT2D eigenvalue weighted by Gasteiger charge is 2.48. The van der Waals surface area contributed by atoms with Crippen molar-refractivity contribution in [2.24, 2.45) is 0 Å². The van der Waals surface area contributed by atoms with Crippen LogP contribution in [-0.4, -0.2) is 39.6 Å². The molecule has 0 spiro atoms. The Hall–Kier alpha value is -4.51. The minimum Gasteiger partial charge on any atom is -0.466 e. The van der Waals surface area contributed by atoms with Gasteiger partial charge in [-0.25, -0.2) is 4.79 Å². The molecule has 7 nitrogen and oxygen atoms in total. The lowest BCUT2D eigenvalue weighted by molar-refractivity contribution is -0.134. The number of hydrogen-bond donors (Lipinski definition) is 0. The van der Waals surface area contributed by atoms with Crippen LogP contribution in [0, 0.1) is 0 Å². The first-order valence-electron chi connectivity index (χ1n) is 10.7. The van der Waals surface area contributed by atoms with Crippen molar-refractivity contribution in [1.29, 1.82) is 0 Å². The molecule has 0 aliphatic rings. The van der Waals surface area contributed by atoms with Gasteiger partial charge in [0.25, 0.3) is 0 Å². The molecule has 0 fully saturated rings. The number of halogens is 3. The fraction of sp³-hybridized carbons (Fsp3) is 0.0741. The van der Waals surface area contributed by atoms with Gasteiger partial charge in [-0.15, -0.1) is 0 Å². The summed E-state index contributed by atoms with van der Waals surface area (Å²) in [6.45, 7) is 0. The van der Waals surface area contributed by atoms with Crippen LogP contribution in [0.4, 0.5) is 13.2 Å². The van der Waals surface area contributed by atoms with Crippen molar-refractivity contribution in [2.45, 2.75) is 5.51 Å². The molecule has 0 N–H and O–H groups in total. The second-order valence-electron chi connectivity index (χ2n) is 7.61. The summed E-state index contributed by atoms with van der Waals surface area (Å²) in [4.78, 5) is 32.9. The predicted octanol–water partition coefficient (Wildman–Crippen LogP) is 5.72. The molecule has 38 heavy (non-hydrogen) atoms. The summed E-state index contributed by atoms with van der Waals surface area (Å²) >= 11 is 0. The minimum atomic E-state index is -5.75. The van der Waals surface area contributed by atoms with Crippen molar-refractivity contribution >= 4 is 56.3 Å². The number of carbonyl (C=O) groups excluding carboxylic acids is 3. The summed E-state index contributed by atoms with van der Waals surface area (Å²) in [6, 6.07) is 19.4. The van der Waals surface area contributed by atoms with Gasteiger partial charge in [-0.3, -0.25) is 9.59 Å². The van der Waals surface area contributed by atoms with Crippen LogP contribution in [0.1, 0.15) is 26.3 Å². The molecule has 0 saturated heterocycles. The van der Waals surface area contributed by atoms with E-state index in [0.29, 0.717) is 17.2 Å². The Morgan fingerprint density at radius 2 is 1.42 bits per heavy atom. The lowest BCUT2D eigenvalue weighted by atomic mass is 10.0. The third-order valence-corrected chi connectivity index (χ3v) is 6.15. The second-order valence-corrected chi connectivity index (χ2v) is 9.14. The highest BCUT2D eigenvalue weighted by Crippen LogP contribution is 2.32. The van der Waals surface area contributed by atoms with E-state index < -0.39 is 27.3 Å². The SMILES string of the molecule is COC(=O)/C=C/c1cc(C=O)c2ccccc2c1.O=Cc1ccc(OS(=O)(=O)C(F)(F)F)c2ccccc12. The molecule has 11 heteroatoms. The van der Waals surface area contributed by atoms with E-state index in [4.69, 9.17) is 0 Å². The monoisotopic (exact) mass is 544 g/mol. The zero-order valence-corrected chi connectivity index (χ0v) is 20.5. The Balaban J connectivity index is 0.000000212. The van der Waals surface area contributed by atoms with Crippen LogP contribution in [0.3, 0.4) is 0 Å². The normalized spacial score (nSPS) is 11.6. The van der Waals surface area contributed by atoms with E-state index in [9.17, 15) is 36.0 Å². The molecular formula is C27H19F3O7S. The highest BCUT2D eigenvalue weighted by atomic mass is 32.2. The standard InChI is InChI=1S/C15H12O3.C12H7F3O4S/c1-18-15(17)7-6-11-8-12-4-2-3-5-14(12)13(9-11)10-16;13-12(14,15)20(17,18)19-11-6-5-8(7-16)9-3-1-2-4-10(9)11/h2-10H,1H3;1-7H/b7-6+;. The average Bonchev–Trinajstić information content (AvgIpc) is 2.91. The molecule has 0 unspecified atom stereocenters. The Morgan fingerprint density at radius 1 is 0.816 bits per heavy atom. The first kappa shape index (κ1) is 28.1. The zero-order valence-electron chi connectivity index (χ0n) is 19.6. The van der Waals surface area contributed by atoms with E-state index in [-0.39, 0.29) is 10.9 Å². The van der Waals surface area contributed by atoms with Crippen LogP contribution < -0.4 is 4.18 Å². The fourth-order valence-electron chi connectivity index (χ4n) is 3.43. The molecule has 0 aromatic heterocycles. The topological polar surface area (TPSA) is 104 Å². The molecule has 4 aromatic rings. The number of benzene rings is 4. The quantitative estimate of drug-likeness (QED) is 0.101. The summed E-state index contributed by atoms with van der Waals surface area (Å²) < 4.78 is 67.5. The molecule has 0 saturated carbocycles. The van der Waals surface area contributed by atoms with Crippen LogP contribution in [0.15, 0.2) is 78.9 Å². The van der Waals surface area contributed by atoms with Gasteiger partial charge in [0.15, 0.2) is 18.3 Å². The first-order valence-corrected chi connectivity index (χ1v) is 12.1. The third kappa shape index (κ3) is 6.43. The van der Waals surface area contributed by atoms with Crippen LogP contribution in [0.2, 0.25) is 0 Å². The smallest absolute Gasteiger partial charge is 0.466 e. The summed E-state index contributed by atoms with van der Waals surface area (Å²) in [5.74, 6) is -0.903. The first-order chi connectivity index (χ1) is 18.0. The number of esters is 1. The van der Waals surface area contributed by atoms with E-state index in [1.54, 1.807) is 18.2 Å². The van der Waals surface area contributed by atoms with Gasteiger partial charge < -0.3 is 8.92 Å². The van der Waals surface area contributed by atoms with Crippen LogP contribution >= 0.6 is 0 Å². The Morgan fingerprint density at radius 3 is 2.03 bits per heavy atom. The van der Waals surface area contributed by atoms with Gasteiger partial charge in [0.2, 0.25) is 0 Å². The van der Waals surface area contributed by atoms with Crippen molar-refractivity contribution in [3.05, 3.63) is 95.6 Å². The van der Waals surface area contributed by atoms with Crippen molar-refractivity contribution < 1.29 is 44.9 Å². The number of methoxy groups -OCH3 is 1. The fourth-order valence-corrected chi connectivity index (χ4v) is 3.90. The summed E-state index contributed by atoms with van der Waals surface area (Å²) in [5, 5.41) is 2.27. The van der Waals surface area contributed by atoms with Gasteiger partial charge in [-0.2, -0.15) is 21.6 Å². The van der Waals surface area contributed by atoms with Gasteiger partial charge in [0.05, 0.1) is 7.11 Å².